The van der Waals surface area contributed by atoms with Crippen molar-refractivity contribution in [3.05, 3.63) is 24.3 Å². The molecule has 0 aromatic rings. The fourth-order valence-electron chi connectivity index (χ4n) is 4.74. The fourth-order valence-corrected chi connectivity index (χ4v) is 4.74. The average Bonchev–Trinajstić information content (AvgIpc) is 2.80. The molecule has 1 heteroatoms. The van der Waals surface area contributed by atoms with E-state index in [0.29, 0.717) is 6.04 Å². The molecule has 0 bridgehead atoms. The molecule has 33 heavy (non-hydrogen) atoms. The normalized spacial score (nSPS) is 14.1. The monoisotopic (exact) mass is 461 g/mol. The molecule has 0 radical (unpaired) electrons. The van der Waals surface area contributed by atoms with Crippen LogP contribution in [-0.4, -0.2) is 25.0 Å². The molecular weight excluding hydrogens is 398 g/mol. The third-order valence-electron chi connectivity index (χ3n) is 7.25. The Hall–Kier alpha value is -0.560. The van der Waals surface area contributed by atoms with E-state index in [4.69, 9.17) is 0 Å². The predicted octanol–water partition coefficient (Wildman–Crippen LogP) is 10.9. The fraction of sp³-hybridized carbons (Fsp3) is 0.875. The largest absolute Gasteiger partial charge is 0.306 e. The van der Waals surface area contributed by atoms with E-state index in [1.165, 1.54) is 128 Å². The SMILES string of the molecule is CCCCCC=CCC=CCC(CCCCCCCC(C)CCCCCCCCC)N(C)C. The third kappa shape index (κ3) is 24.4. The van der Waals surface area contributed by atoms with Crippen molar-refractivity contribution in [3.63, 3.8) is 0 Å². The molecule has 0 amide bonds. The van der Waals surface area contributed by atoms with Gasteiger partial charge in [-0.3, -0.25) is 0 Å². The maximum Gasteiger partial charge on any atom is 0.0124 e. The molecule has 0 saturated carbocycles. The lowest BCUT2D eigenvalue weighted by Crippen LogP contribution is -2.27. The van der Waals surface area contributed by atoms with E-state index in [2.05, 4.69) is 64.1 Å². The second-order valence-corrected chi connectivity index (χ2v) is 10.9. The molecule has 2 unspecified atom stereocenters. The van der Waals surface area contributed by atoms with Crippen LogP contribution >= 0.6 is 0 Å². The number of allylic oxidation sites excluding steroid dienone is 3. The van der Waals surface area contributed by atoms with Gasteiger partial charge in [0.25, 0.3) is 0 Å². The lowest BCUT2D eigenvalue weighted by atomic mass is 9.95. The van der Waals surface area contributed by atoms with Crippen LogP contribution in [0.3, 0.4) is 0 Å². The molecule has 0 aliphatic heterocycles. The van der Waals surface area contributed by atoms with E-state index in [9.17, 15) is 0 Å². The molecule has 0 N–H and O–H groups in total. The van der Waals surface area contributed by atoms with Gasteiger partial charge in [0.2, 0.25) is 0 Å². The van der Waals surface area contributed by atoms with Crippen molar-refractivity contribution in [2.75, 3.05) is 14.1 Å². The second-order valence-electron chi connectivity index (χ2n) is 10.9. The molecule has 0 spiro atoms. The van der Waals surface area contributed by atoms with Crippen LogP contribution in [0.2, 0.25) is 0 Å². The molecular formula is C32H63N. The highest BCUT2D eigenvalue weighted by Crippen LogP contribution is 2.19. The first-order chi connectivity index (χ1) is 16.1. The Morgan fingerprint density at radius 3 is 1.61 bits per heavy atom. The van der Waals surface area contributed by atoms with Gasteiger partial charge in [0.1, 0.15) is 0 Å². The summed E-state index contributed by atoms with van der Waals surface area (Å²) in [4.78, 5) is 2.43. The van der Waals surface area contributed by atoms with Crippen LogP contribution in [0.25, 0.3) is 0 Å². The van der Waals surface area contributed by atoms with Crippen molar-refractivity contribution in [1.29, 1.82) is 0 Å². The molecule has 0 aromatic heterocycles. The van der Waals surface area contributed by atoms with Gasteiger partial charge in [-0.2, -0.15) is 0 Å². The number of nitrogens with zero attached hydrogens (tertiary/aromatic N) is 1. The lowest BCUT2D eigenvalue weighted by Gasteiger charge is -2.23. The molecule has 196 valence electrons. The number of hydrogen-bond donors (Lipinski definition) is 0. The van der Waals surface area contributed by atoms with Crippen LogP contribution in [0.15, 0.2) is 24.3 Å². The van der Waals surface area contributed by atoms with Crippen molar-refractivity contribution in [1.82, 2.24) is 4.90 Å². The van der Waals surface area contributed by atoms with Gasteiger partial charge < -0.3 is 4.90 Å². The first kappa shape index (κ1) is 32.4. The van der Waals surface area contributed by atoms with Crippen LogP contribution in [0.1, 0.15) is 156 Å². The highest BCUT2D eigenvalue weighted by molar-refractivity contribution is 4.94. The topological polar surface area (TPSA) is 3.24 Å². The maximum absolute atomic E-state index is 2.48. The molecule has 0 aliphatic rings. The van der Waals surface area contributed by atoms with E-state index in [1.807, 2.05) is 0 Å². The van der Waals surface area contributed by atoms with Gasteiger partial charge in [-0.1, -0.05) is 148 Å². The van der Waals surface area contributed by atoms with Crippen molar-refractivity contribution in [2.45, 2.75) is 162 Å². The minimum atomic E-state index is 0.705. The third-order valence-corrected chi connectivity index (χ3v) is 7.25. The summed E-state index contributed by atoms with van der Waals surface area (Å²) in [6.45, 7) is 7.05. The predicted molar refractivity (Wildman–Crippen MR) is 153 cm³/mol. The summed E-state index contributed by atoms with van der Waals surface area (Å²) in [5, 5.41) is 0. The average molecular weight is 462 g/mol. The van der Waals surface area contributed by atoms with Crippen LogP contribution in [-0.2, 0) is 0 Å². The highest BCUT2D eigenvalue weighted by atomic mass is 15.1. The Balaban J connectivity index is 3.63. The molecule has 0 aromatic carbocycles. The Morgan fingerprint density at radius 2 is 1.03 bits per heavy atom. The van der Waals surface area contributed by atoms with Gasteiger partial charge in [-0.05, 0) is 52.1 Å². The summed E-state index contributed by atoms with van der Waals surface area (Å²) in [7, 11) is 4.50. The quantitative estimate of drug-likeness (QED) is 0.0964. The Kier molecular flexibility index (Phi) is 25.6. The summed E-state index contributed by atoms with van der Waals surface area (Å²) in [6, 6.07) is 0.705. The smallest absolute Gasteiger partial charge is 0.0124 e. The van der Waals surface area contributed by atoms with Crippen molar-refractivity contribution in [3.8, 4) is 0 Å². The molecule has 0 fully saturated rings. The van der Waals surface area contributed by atoms with Gasteiger partial charge in [0, 0.05) is 6.04 Å². The second kappa shape index (κ2) is 26.1. The van der Waals surface area contributed by atoms with Crippen LogP contribution < -0.4 is 0 Å². The van der Waals surface area contributed by atoms with Crippen LogP contribution in [0, 0.1) is 5.92 Å². The summed E-state index contributed by atoms with van der Waals surface area (Å²) in [6.07, 6.45) is 38.5. The molecule has 2 atom stereocenters. The molecule has 0 rings (SSSR count). The number of rotatable bonds is 25. The van der Waals surface area contributed by atoms with Crippen LogP contribution in [0.4, 0.5) is 0 Å². The van der Waals surface area contributed by atoms with E-state index in [0.717, 1.165) is 12.3 Å². The van der Waals surface area contributed by atoms with Crippen molar-refractivity contribution in [2.24, 2.45) is 5.92 Å². The summed E-state index contributed by atoms with van der Waals surface area (Å²) in [5.74, 6) is 0.941. The zero-order chi connectivity index (χ0) is 24.4. The van der Waals surface area contributed by atoms with E-state index >= 15 is 0 Å². The highest BCUT2D eigenvalue weighted by Gasteiger charge is 2.09. The standard InChI is InChI=1S/C32H63N/c1-6-8-10-12-14-15-17-21-25-29-32(33(4)5)30-26-22-18-20-24-28-31(3)27-23-19-16-13-11-9-7-2/h14-15,21,25,31-32H,6-13,16-20,22-24,26-30H2,1-5H3. The van der Waals surface area contributed by atoms with E-state index in [1.54, 1.807) is 0 Å². The maximum atomic E-state index is 2.48. The van der Waals surface area contributed by atoms with Gasteiger partial charge in [0.15, 0.2) is 0 Å². The van der Waals surface area contributed by atoms with Gasteiger partial charge in [-0.15, -0.1) is 0 Å². The van der Waals surface area contributed by atoms with Gasteiger partial charge >= 0.3 is 0 Å². The molecule has 0 aliphatic carbocycles. The first-order valence-electron chi connectivity index (χ1n) is 15.1. The lowest BCUT2D eigenvalue weighted by molar-refractivity contribution is 0.273. The Labute approximate surface area is 210 Å². The van der Waals surface area contributed by atoms with Gasteiger partial charge in [-0.25, -0.2) is 0 Å². The molecule has 0 heterocycles. The summed E-state index contributed by atoms with van der Waals surface area (Å²) >= 11 is 0. The first-order valence-corrected chi connectivity index (χ1v) is 15.1. The van der Waals surface area contributed by atoms with E-state index < -0.39 is 0 Å². The van der Waals surface area contributed by atoms with Crippen LogP contribution in [0.5, 0.6) is 0 Å². The van der Waals surface area contributed by atoms with Crippen molar-refractivity contribution >= 4 is 0 Å². The Morgan fingerprint density at radius 1 is 0.545 bits per heavy atom. The van der Waals surface area contributed by atoms with E-state index in [-0.39, 0.29) is 0 Å². The summed E-state index contributed by atoms with van der Waals surface area (Å²) in [5.41, 5.74) is 0. The zero-order valence-corrected chi connectivity index (χ0v) is 23.8. The van der Waals surface area contributed by atoms with Gasteiger partial charge in [0.05, 0.1) is 0 Å². The number of unbranched alkanes of at least 4 members (excludes halogenated alkanes) is 13. The molecule has 0 saturated heterocycles. The minimum Gasteiger partial charge on any atom is -0.306 e. The molecule has 1 nitrogen and oxygen atoms in total. The minimum absolute atomic E-state index is 0.705. The van der Waals surface area contributed by atoms with Crippen molar-refractivity contribution < 1.29 is 0 Å². The zero-order valence-electron chi connectivity index (χ0n) is 23.8. The summed E-state index contributed by atoms with van der Waals surface area (Å²) < 4.78 is 0. The number of hydrogen-bond acceptors (Lipinski definition) is 1. The Bertz CT molecular complexity index is 422.